The molecule has 0 aliphatic heterocycles. The lowest BCUT2D eigenvalue weighted by Gasteiger charge is -2.14. The van der Waals surface area contributed by atoms with Gasteiger partial charge in [0.1, 0.15) is 5.65 Å². The summed E-state index contributed by atoms with van der Waals surface area (Å²) in [5, 5.41) is 2.07. The van der Waals surface area contributed by atoms with Crippen molar-refractivity contribution in [3.05, 3.63) is 65.6 Å². The third-order valence-corrected chi connectivity index (χ3v) is 3.63. The number of pyridine rings is 1. The van der Waals surface area contributed by atoms with Crippen molar-refractivity contribution in [3.63, 3.8) is 0 Å². The molecule has 0 fully saturated rings. The number of amides is 1. The smallest absolute Gasteiger partial charge is 0.326 e. The van der Waals surface area contributed by atoms with Crippen LogP contribution in [0.3, 0.4) is 0 Å². The number of alkyl halides is 6. The zero-order valence-electron chi connectivity index (χ0n) is 13.4. The molecular formula is C17H11F6N3O. The van der Waals surface area contributed by atoms with Gasteiger partial charge in [-0.2, -0.15) is 26.3 Å². The molecule has 2 heterocycles. The van der Waals surface area contributed by atoms with Crippen LogP contribution in [-0.2, 0) is 23.6 Å². The second kappa shape index (κ2) is 6.60. The van der Waals surface area contributed by atoms with E-state index in [4.69, 9.17) is 0 Å². The average molecular weight is 387 g/mol. The van der Waals surface area contributed by atoms with E-state index in [-0.39, 0.29) is 12.5 Å². The number of hydrogen-bond acceptors (Lipinski definition) is 2. The third-order valence-electron chi connectivity index (χ3n) is 3.63. The summed E-state index contributed by atoms with van der Waals surface area (Å²) in [4.78, 5) is 16.2. The van der Waals surface area contributed by atoms with Gasteiger partial charge >= 0.3 is 12.4 Å². The van der Waals surface area contributed by atoms with Crippen molar-refractivity contribution < 1.29 is 31.1 Å². The van der Waals surface area contributed by atoms with Crippen LogP contribution >= 0.6 is 0 Å². The highest BCUT2D eigenvalue weighted by molar-refractivity contribution is 5.92. The first kappa shape index (κ1) is 18.7. The number of benzene rings is 1. The molecule has 1 aromatic carbocycles. The monoisotopic (exact) mass is 387 g/mol. The van der Waals surface area contributed by atoms with Gasteiger partial charge < -0.3 is 9.72 Å². The summed E-state index contributed by atoms with van der Waals surface area (Å²) >= 11 is 0. The second-order valence-corrected chi connectivity index (χ2v) is 5.72. The fourth-order valence-corrected chi connectivity index (χ4v) is 2.47. The highest BCUT2D eigenvalue weighted by atomic mass is 19.4. The molecule has 0 atom stereocenters. The summed E-state index contributed by atoms with van der Waals surface area (Å²) < 4.78 is 78.7. The fourth-order valence-electron chi connectivity index (χ4n) is 2.47. The second-order valence-electron chi connectivity index (χ2n) is 5.72. The molecule has 2 aromatic heterocycles. The lowest BCUT2D eigenvalue weighted by atomic mass is 10.1. The molecule has 0 saturated carbocycles. The Kier molecular flexibility index (Phi) is 4.58. The van der Waals surface area contributed by atoms with Gasteiger partial charge in [0.15, 0.2) is 0 Å². The molecule has 0 aliphatic carbocycles. The largest absolute Gasteiger partial charge is 0.416 e. The lowest BCUT2D eigenvalue weighted by molar-refractivity contribution is -0.143. The highest BCUT2D eigenvalue weighted by Crippen LogP contribution is 2.37. The van der Waals surface area contributed by atoms with Crippen LogP contribution in [0.4, 0.5) is 32.0 Å². The molecule has 0 unspecified atom stereocenters. The zero-order valence-corrected chi connectivity index (χ0v) is 13.4. The Balaban J connectivity index is 1.84. The molecule has 3 aromatic rings. The molecule has 3 rings (SSSR count). The summed E-state index contributed by atoms with van der Waals surface area (Å²) in [6.07, 6.45) is -7.04. The van der Waals surface area contributed by atoms with Gasteiger partial charge in [0.2, 0.25) is 5.91 Å². The van der Waals surface area contributed by atoms with Gasteiger partial charge in [0.25, 0.3) is 0 Å². The minimum Gasteiger partial charge on any atom is -0.326 e. The quantitative estimate of drug-likeness (QED) is 0.670. The Hall–Kier alpha value is -3.04. The number of halogens is 6. The summed E-state index contributed by atoms with van der Waals surface area (Å²) in [6.45, 7) is 0. The maximum absolute atomic E-state index is 12.8. The molecule has 1 N–H and O–H groups in total. The van der Waals surface area contributed by atoms with E-state index in [1.807, 2.05) is 0 Å². The zero-order chi connectivity index (χ0) is 19.8. The number of nitrogens with zero attached hydrogens (tertiary/aromatic N) is 2. The molecule has 0 aliphatic rings. The number of carbonyl (C=O) groups excluding carboxylic acids is 1. The normalized spacial score (nSPS) is 12.4. The van der Waals surface area contributed by atoms with Crippen molar-refractivity contribution >= 4 is 17.2 Å². The summed E-state index contributed by atoms with van der Waals surface area (Å²) in [7, 11) is 0. The summed E-state index contributed by atoms with van der Waals surface area (Å²) in [5.41, 5.74) is -2.72. The molecule has 4 nitrogen and oxygen atoms in total. The van der Waals surface area contributed by atoms with Crippen molar-refractivity contribution in [2.75, 3.05) is 5.32 Å². The van der Waals surface area contributed by atoms with E-state index in [1.54, 1.807) is 35.0 Å². The van der Waals surface area contributed by atoms with Gasteiger partial charge in [0, 0.05) is 18.1 Å². The molecule has 0 saturated heterocycles. The van der Waals surface area contributed by atoms with Gasteiger partial charge in [-0.3, -0.25) is 4.79 Å². The Morgan fingerprint density at radius 2 is 1.63 bits per heavy atom. The maximum atomic E-state index is 12.8. The molecular weight excluding hydrogens is 376 g/mol. The number of hydrogen-bond donors (Lipinski definition) is 1. The van der Waals surface area contributed by atoms with Crippen LogP contribution in [0.15, 0.2) is 48.8 Å². The first-order valence-electron chi connectivity index (χ1n) is 7.54. The van der Waals surface area contributed by atoms with Gasteiger partial charge in [-0.05, 0) is 30.3 Å². The number of imidazole rings is 1. The van der Waals surface area contributed by atoms with Crippen molar-refractivity contribution in [1.82, 2.24) is 9.38 Å². The van der Waals surface area contributed by atoms with Crippen LogP contribution < -0.4 is 5.32 Å². The minimum absolute atomic E-state index is 0.00221. The number of nitrogens with one attached hydrogen (secondary N) is 1. The number of rotatable bonds is 3. The first-order valence-corrected chi connectivity index (χ1v) is 7.54. The lowest BCUT2D eigenvalue weighted by Crippen LogP contribution is -2.17. The van der Waals surface area contributed by atoms with Crippen LogP contribution in [0.1, 0.15) is 16.8 Å². The molecule has 0 bridgehead atoms. The predicted molar refractivity (Wildman–Crippen MR) is 84.0 cm³/mol. The standard InChI is InChI=1S/C17H11F6N3O/c18-16(19,20)10-5-11(17(21,22)23)7-12(6-10)25-15(27)8-13-9-26-4-2-1-3-14(26)24-13/h1-7,9H,8H2,(H,25,27). The maximum Gasteiger partial charge on any atom is 0.416 e. The highest BCUT2D eigenvalue weighted by Gasteiger charge is 2.37. The minimum atomic E-state index is -4.98. The fraction of sp³-hybridized carbons (Fsp3) is 0.176. The number of fused-ring (bicyclic) bond motifs is 1. The van der Waals surface area contributed by atoms with Crippen molar-refractivity contribution in [1.29, 1.82) is 0 Å². The van der Waals surface area contributed by atoms with Crippen LogP contribution in [0.25, 0.3) is 5.65 Å². The molecule has 0 radical (unpaired) electrons. The van der Waals surface area contributed by atoms with Crippen molar-refractivity contribution in [2.24, 2.45) is 0 Å². The van der Waals surface area contributed by atoms with E-state index in [0.29, 0.717) is 23.5 Å². The van der Waals surface area contributed by atoms with Gasteiger partial charge in [-0.15, -0.1) is 0 Å². The number of aromatic nitrogens is 2. The Labute approximate surface area is 148 Å². The van der Waals surface area contributed by atoms with E-state index in [9.17, 15) is 31.1 Å². The first-order chi connectivity index (χ1) is 12.5. The van der Waals surface area contributed by atoms with Crippen LogP contribution in [0.2, 0.25) is 0 Å². The molecule has 142 valence electrons. The van der Waals surface area contributed by atoms with Crippen LogP contribution in [-0.4, -0.2) is 15.3 Å². The molecule has 27 heavy (non-hydrogen) atoms. The summed E-state index contributed by atoms with van der Waals surface area (Å²) in [6, 6.07) is 6.06. The van der Waals surface area contributed by atoms with Crippen molar-refractivity contribution in [2.45, 2.75) is 18.8 Å². The van der Waals surface area contributed by atoms with E-state index in [0.717, 1.165) is 0 Å². The SMILES string of the molecule is O=C(Cc1cn2ccccc2n1)Nc1cc(C(F)(F)F)cc(C(F)(F)F)c1. The predicted octanol–water partition coefficient (Wildman–Crippen LogP) is 4.55. The number of anilines is 1. The van der Waals surface area contributed by atoms with Crippen LogP contribution in [0.5, 0.6) is 0 Å². The van der Waals surface area contributed by atoms with Gasteiger partial charge in [0.05, 0.1) is 23.2 Å². The molecule has 0 spiro atoms. The van der Waals surface area contributed by atoms with Gasteiger partial charge in [-0.25, -0.2) is 4.98 Å². The third kappa shape index (κ3) is 4.39. The van der Waals surface area contributed by atoms with Crippen molar-refractivity contribution in [3.8, 4) is 0 Å². The van der Waals surface area contributed by atoms with E-state index < -0.39 is 35.1 Å². The Morgan fingerprint density at radius 1 is 1.00 bits per heavy atom. The van der Waals surface area contributed by atoms with Gasteiger partial charge in [-0.1, -0.05) is 6.07 Å². The van der Waals surface area contributed by atoms with Crippen LogP contribution in [0, 0.1) is 0 Å². The van der Waals surface area contributed by atoms with E-state index >= 15 is 0 Å². The van der Waals surface area contributed by atoms with E-state index in [2.05, 4.69) is 10.3 Å². The topological polar surface area (TPSA) is 46.4 Å². The average Bonchev–Trinajstić information content (AvgIpc) is 2.94. The van der Waals surface area contributed by atoms with E-state index in [1.165, 1.54) is 0 Å². The molecule has 10 heteroatoms. The summed E-state index contributed by atoms with van der Waals surface area (Å²) in [5.74, 6) is -0.786. The number of carbonyl (C=O) groups is 1. The Morgan fingerprint density at radius 3 is 2.19 bits per heavy atom. The molecule has 1 amide bonds. The Bertz CT molecular complexity index is 925.